The Kier molecular flexibility index (Phi) is 5.03. The summed E-state index contributed by atoms with van der Waals surface area (Å²) in [6, 6.07) is 14.8. The molecule has 7 heteroatoms. The van der Waals surface area contributed by atoms with Crippen molar-refractivity contribution in [2.75, 3.05) is 10.6 Å². The predicted octanol–water partition coefficient (Wildman–Crippen LogP) is 5.18. The van der Waals surface area contributed by atoms with Crippen LogP contribution in [-0.4, -0.2) is 15.9 Å². The molecule has 0 aliphatic rings. The minimum Gasteiger partial charge on any atom is -0.423 e. The summed E-state index contributed by atoms with van der Waals surface area (Å²) >= 11 is 0. The molecule has 0 unspecified atom stereocenters. The molecule has 0 saturated heterocycles. The average molecular weight is 388 g/mol. The number of nitrogens with one attached hydrogen (secondary N) is 2. The van der Waals surface area contributed by atoms with Crippen molar-refractivity contribution in [2.24, 2.45) is 0 Å². The highest BCUT2D eigenvalue weighted by Crippen LogP contribution is 2.26. The van der Waals surface area contributed by atoms with Crippen LogP contribution >= 0.6 is 0 Å². The minimum absolute atomic E-state index is 0.301. The smallest absolute Gasteiger partial charge is 0.299 e. The maximum absolute atomic E-state index is 13.0. The average Bonchev–Trinajstić information content (AvgIpc) is 3.20. The molecule has 0 bridgehead atoms. The van der Waals surface area contributed by atoms with E-state index in [1.165, 1.54) is 24.3 Å². The number of hydrogen-bond donors (Lipinski definition) is 2. The lowest BCUT2D eigenvalue weighted by molar-refractivity contribution is 0.102. The summed E-state index contributed by atoms with van der Waals surface area (Å²) in [5, 5.41) is 5.85. The van der Waals surface area contributed by atoms with Crippen LogP contribution in [0.2, 0.25) is 0 Å². The van der Waals surface area contributed by atoms with Gasteiger partial charge in [0.25, 0.3) is 11.9 Å². The molecule has 4 rings (SSSR count). The Balaban J connectivity index is 1.52. The number of benzene rings is 2. The van der Waals surface area contributed by atoms with Crippen LogP contribution in [0.4, 0.5) is 21.8 Å². The highest BCUT2D eigenvalue weighted by atomic mass is 19.1. The normalized spacial score (nSPS) is 10.6. The zero-order valence-corrected chi connectivity index (χ0v) is 15.5. The maximum Gasteiger partial charge on any atom is 0.299 e. The molecule has 2 aromatic heterocycles. The van der Waals surface area contributed by atoms with Gasteiger partial charge >= 0.3 is 0 Å². The SMILES string of the molecule is Cc1ccc(C(=O)Nc2ccc(F)cc2)cc1Nc1ncc(-c2ccncc2)o1. The topological polar surface area (TPSA) is 80.0 Å². The van der Waals surface area contributed by atoms with E-state index in [4.69, 9.17) is 4.42 Å². The molecular weight excluding hydrogens is 371 g/mol. The first-order chi connectivity index (χ1) is 14.1. The Morgan fingerprint density at radius 1 is 1.03 bits per heavy atom. The summed E-state index contributed by atoms with van der Waals surface area (Å²) in [5.74, 6) is -0.0517. The second-order valence-corrected chi connectivity index (χ2v) is 6.38. The van der Waals surface area contributed by atoms with Gasteiger partial charge in [-0.3, -0.25) is 9.78 Å². The zero-order valence-electron chi connectivity index (χ0n) is 15.5. The number of pyridine rings is 1. The molecule has 0 atom stereocenters. The molecule has 1 amide bonds. The van der Waals surface area contributed by atoms with E-state index in [-0.39, 0.29) is 11.7 Å². The Hall–Kier alpha value is -4.00. The summed E-state index contributed by atoms with van der Waals surface area (Å²) in [6.45, 7) is 1.91. The second kappa shape index (κ2) is 7.93. The molecule has 6 nitrogen and oxygen atoms in total. The summed E-state index contributed by atoms with van der Waals surface area (Å²) in [6.07, 6.45) is 4.98. The number of anilines is 3. The Morgan fingerprint density at radius 2 is 1.79 bits per heavy atom. The van der Waals surface area contributed by atoms with Crippen molar-refractivity contribution >= 4 is 23.3 Å². The van der Waals surface area contributed by atoms with Crippen molar-refractivity contribution in [3.63, 3.8) is 0 Å². The van der Waals surface area contributed by atoms with Crippen LogP contribution in [0, 0.1) is 12.7 Å². The van der Waals surface area contributed by atoms with Crippen LogP contribution in [0.5, 0.6) is 0 Å². The van der Waals surface area contributed by atoms with Gasteiger partial charge in [-0.05, 0) is 61.0 Å². The van der Waals surface area contributed by atoms with Crippen molar-refractivity contribution < 1.29 is 13.6 Å². The molecular formula is C22H17FN4O2. The first kappa shape index (κ1) is 18.4. The van der Waals surface area contributed by atoms with E-state index in [0.29, 0.717) is 28.7 Å². The summed E-state index contributed by atoms with van der Waals surface area (Å²) in [7, 11) is 0. The van der Waals surface area contributed by atoms with E-state index < -0.39 is 0 Å². The number of aromatic nitrogens is 2. The van der Waals surface area contributed by atoms with Gasteiger partial charge in [-0.15, -0.1) is 0 Å². The van der Waals surface area contributed by atoms with Gasteiger partial charge in [0.05, 0.1) is 6.20 Å². The second-order valence-electron chi connectivity index (χ2n) is 6.38. The third kappa shape index (κ3) is 4.30. The van der Waals surface area contributed by atoms with E-state index >= 15 is 0 Å². The fourth-order valence-electron chi connectivity index (χ4n) is 2.73. The lowest BCUT2D eigenvalue weighted by Gasteiger charge is -2.10. The van der Waals surface area contributed by atoms with Gasteiger partial charge in [-0.1, -0.05) is 6.07 Å². The molecule has 0 aliphatic carbocycles. The number of amides is 1. The summed E-state index contributed by atoms with van der Waals surface area (Å²) < 4.78 is 18.8. The largest absolute Gasteiger partial charge is 0.423 e. The number of rotatable bonds is 5. The van der Waals surface area contributed by atoms with Crippen LogP contribution < -0.4 is 10.6 Å². The van der Waals surface area contributed by atoms with Crippen LogP contribution in [0.3, 0.4) is 0 Å². The lowest BCUT2D eigenvalue weighted by Crippen LogP contribution is -2.12. The highest BCUT2D eigenvalue weighted by Gasteiger charge is 2.12. The molecule has 0 fully saturated rings. The third-order valence-electron chi connectivity index (χ3n) is 4.31. The number of aryl methyl sites for hydroxylation is 1. The molecule has 2 heterocycles. The van der Waals surface area contributed by atoms with Gasteiger partial charge in [0.15, 0.2) is 5.76 Å². The molecule has 0 aliphatic heterocycles. The summed E-state index contributed by atoms with van der Waals surface area (Å²) in [5.41, 5.74) is 3.45. The van der Waals surface area contributed by atoms with Crippen molar-refractivity contribution in [2.45, 2.75) is 6.92 Å². The molecule has 0 radical (unpaired) electrons. The molecule has 2 aromatic carbocycles. The fraction of sp³-hybridized carbons (Fsp3) is 0.0455. The number of hydrogen-bond acceptors (Lipinski definition) is 5. The number of nitrogens with zero attached hydrogens (tertiary/aromatic N) is 2. The third-order valence-corrected chi connectivity index (χ3v) is 4.31. The molecule has 4 aromatic rings. The Bertz CT molecular complexity index is 1140. The van der Waals surface area contributed by atoms with Crippen LogP contribution in [-0.2, 0) is 0 Å². The minimum atomic E-state index is -0.359. The van der Waals surface area contributed by atoms with Crippen LogP contribution in [0.25, 0.3) is 11.3 Å². The number of carbonyl (C=O) groups excluding carboxylic acids is 1. The Morgan fingerprint density at radius 3 is 2.55 bits per heavy atom. The van der Waals surface area contributed by atoms with Crippen molar-refractivity contribution in [1.29, 1.82) is 0 Å². The molecule has 29 heavy (non-hydrogen) atoms. The monoisotopic (exact) mass is 388 g/mol. The van der Waals surface area contributed by atoms with Gasteiger partial charge in [0.2, 0.25) is 0 Å². The van der Waals surface area contributed by atoms with Crippen molar-refractivity contribution in [1.82, 2.24) is 9.97 Å². The number of oxazole rings is 1. The van der Waals surface area contributed by atoms with E-state index in [2.05, 4.69) is 20.6 Å². The quantitative estimate of drug-likeness (QED) is 0.492. The molecule has 0 saturated carbocycles. The van der Waals surface area contributed by atoms with E-state index in [1.54, 1.807) is 30.7 Å². The standard InChI is InChI=1S/C22H17FN4O2/c1-14-2-3-16(21(28)26-18-6-4-17(23)5-7-18)12-19(14)27-22-25-13-20(29-22)15-8-10-24-11-9-15/h2-13H,1H3,(H,25,27)(H,26,28). The van der Waals surface area contributed by atoms with Crippen LogP contribution in [0.1, 0.15) is 15.9 Å². The van der Waals surface area contributed by atoms with Gasteiger partial charge in [0, 0.05) is 34.9 Å². The first-order valence-corrected chi connectivity index (χ1v) is 8.89. The van der Waals surface area contributed by atoms with E-state index in [9.17, 15) is 9.18 Å². The fourth-order valence-corrected chi connectivity index (χ4v) is 2.73. The predicted molar refractivity (Wildman–Crippen MR) is 109 cm³/mol. The van der Waals surface area contributed by atoms with Gasteiger partial charge in [-0.2, -0.15) is 0 Å². The van der Waals surface area contributed by atoms with E-state index in [0.717, 1.165) is 11.1 Å². The van der Waals surface area contributed by atoms with Crippen molar-refractivity contribution in [3.8, 4) is 11.3 Å². The molecule has 0 spiro atoms. The van der Waals surface area contributed by atoms with Crippen molar-refractivity contribution in [3.05, 3.63) is 90.1 Å². The maximum atomic E-state index is 13.0. The van der Waals surface area contributed by atoms with Gasteiger partial charge in [-0.25, -0.2) is 9.37 Å². The first-order valence-electron chi connectivity index (χ1n) is 8.89. The lowest BCUT2D eigenvalue weighted by atomic mass is 10.1. The van der Waals surface area contributed by atoms with Crippen LogP contribution in [0.15, 0.2) is 77.6 Å². The summed E-state index contributed by atoms with van der Waals surface area (Å²) in [4.78, 5) is 20.8. The van der Waals surface area contributed by atoms with E-state index in [1.807, 2.05) is 25.1 Å². The molecule has 2 N–H and O–H groups in total. The van der Waals surface area contributed by atoms with Gasteiger partial charge in [0.1, 0.15) is 5.82 Å². The Labute approximate surface area is 166 Å². The number of halogens is 1. The van der Waals surface area contributed by atoms with Gasteiger partial charge < -0.3 is 15.1 Å². The highest BCUT2D eigenvalue weighted by molar-refractivity contribution is 6.05. The number of carbonyl (C=O) groups is 1. The zero-order chi connectivity index (χ0) is 20.2. The molecule has 144 valence electrons.